The van der Waals surface area contributed by atoms with E-state index < -0.39 is 28.8 Å². The molecule has 1 aromatic carbocycles. The van der Waals surface area contributed by atoms with E-state index in [9.17, 15) is 19.7 Å². The predicted molar refractivity (Wildman–Crippen MR) is 94.8 cm³/mol. The molecule has 0 aliphatic carbocycles. The Bertz CT molecular complexity index is 874. The number of nitro groups is 1. The van der Waals surface area contributed by atoms with Gasteiger partial charge < -0.3 is 14.5 Å². The number of carbonyl (C=O) groups excluding carboxylic acids is 2. The summed E-state index contributed by atoms with van der Waals surface area (Å²) in [5.41, 5.74) is 1.32. The average molecular weight is 379 g/mol. The van der Waals surface area contributed by atoms with Gasteiger partial charge >= 0.3 is 11.9 Å². The quantitative estimate of drug-likeness (QED) is 0.354. The van der Waals surface area contributed by atoms with Crippen molar-refractivity contribution in [1.29, 1.82) is 0 Å². The first-order chi connectivity index (χ1) is 12.3. The van der Waals surface area contributed by atoms with Crippen LogP contribution in [0.2, 0.25) is 5.02 Å². The molecule has 0 bridgehead atoms. The number of aryl methyl sites for hydroxylation is 1. The number of anilines is 1. The number of hydrogen-bond donors (Lipinski definition) is 1. The van der Waals surface area contributed by atoms with Crippen LogP contribution in [0.3, 0.4) is 0 Å². The minimum absolute atomic E-state index is 0.111. The van der Waals surface area contributed by atoms with E-state index in [2.05, 4.69) is 5.32 Å². The zero-order chi connectivity index (χ0) is 19.3. The van der Waals surface area contributed by atoms with Gasteiger partial charge in [0, 0.05) is 16.8 Å². The maximum absolute atomic E-state index is 12.1. The molecule has 0 saturated heterocycles. The topological polar surface area (TPSA) is 112 Å². The number of halogens is 1. The molecule has 0 aliphatic rings. The van der Waals surface area contributed by atoms with Gasteiger partial charge in [-0.25, -0.2) is 4.79 Å². The number of hydrogen-bond acceptors (Lipinski definition) is 6. The Kier molecular flexibility index (Phi) is 6.13. The Morgan fingerprint density at radius 1 is 1.35 bits per heavy atom. The maximum Gasteiger partial charge on any atom is 0.433 e. The van der Waals surface area contributed by atoms with Gasteiger partial charge in [-0.1, -0.05) is 17.7 Å². The lowest BCUT2D eigenvalue weighted by Crippen LogP contribution is -2.29. The summed E-state index contributed by atoms with van der Waals surface area (Å²) < 4.78 is 9.85. The fourth-order valence-corrected chi connectivity index (χ4v) is 2.08. The molecule has 1 N–H and O–H groups in total. The highest BCUT2D eigenvalue weighted by Gasteiger charge is 2.18. The van der Waals surface area contributed by atoms with Gasteiger partial charge in [-0.3, -0.25) is 14.9 Å². The number of nitrogens with one attached hydrogen (secondary N) is 1. The Morgan fingerprint density at radius 3 is 2.73 bits per heavy atom. The lowest BCUT2D eigenvalue weighted by Gasteiger charge is -2.14. The van der Waals surface area contributed by atoms with Crippen molar-refractivity contribution in [3.8, 4) is 0 Å². The van der Waals surface area contributed by atoms with Crippen LogP contribution in [0.25, 0.3) is 6.08 Å². The third kappa shape index (κ3) is 5.18. The molecule has 2 aromatic rings. The Morgan fingerprint density at radius 2 is 2.08 bits per heavy atom. The summed E-state index contributed by atoms with van der Waals surface area (Å²) in [6.07, 6.45) is 1.16. The molecule has 9 heteroatoms. The molecule has 136 valence electrons. The number of nitrogens with zero attached hydrogens (tertiary/aromatic N) is 1. The number of amides is 1. The summed E-state index contributed by atoms with van der Waals surface area (Å²) in [4.78, 5) is 33.7. The first kappa shape index (κ1) is 19.2. The predicted octanol–water partition coefficient (Wildman–Crippen LogP) is 3.73. The van der Waals surface area contributed by atoms with Crippen LogP contribution in [0.1, 0.15) is 18.2 Å². The number of furan rings is 1. The van der Waals surface area contributed by atoms with Crippen molar-refractivity contribution in [2.45, 2.75) is 20.0 Å². The van der Waals surface area contributed by atoms with Crippen molar-refractivity contribution in [2.24, 2.45) is 0 Å². The van der Waals surface area contributed by atoms with Gasteiger partial charge in [0.2, 0.25) is 0 Å². The van der Waals surface area contributed by atoms with Crippen molar-refractivity contribution in [1.82, 2.24) is 0 Å². The zero-order valence-electron chi connectivity index (χ0n) is 13.9. The lowest BCUT2D eigenvalue weighted by molar-refractivity contribution is -0.402. The van der Waals surface area contributed by atoms with E-state index in [0.29, 0.717) is 10.7 Å². The molecule has 1 amide bonds. The van der Waals surface area contributed by atoms with Crippen LogP contribution < -0.4 is 5.32 Å². The second-order valence-electron chi connectivity index (χ2n) is 5.29. The molecular weight excluding hydrogens is 364 g/mol. The van der Waals surface area contributed by atoms with Crippen LogP contribution in [0.15, 0.2) is 40.8 Å². The molecular formula is C17H15ClN2O6. The second kappa shape index (κ2) is 8.30. The normalized spacial score (nSPS) is 12.0. The Labute approximate surface area is 153 Å². The number of rotatable bonds is 6. The highest BCUT2D eigenvalue weighted by atomic mass is 35.5. The van der Waals surface area contributed by atoms with Gasteiger partial charge in [0.25, 0.3) is 5.91 Å². The first-order valence-corrected chi connectivity index (χ1v) is 7.84. The molecule has 1 atom stereocenters. The first-order valence-electron chi connectivity index (χ1n) is 7.46. The molecule has 26 heavy (non-hydrogen) atoms. The zero-order valence-corrected chi connectivity index (χ0v) is 14.6. The van der Waals surface area contributed by atoms with Crippen LogP contribution in [-0.2, 0) is 14.3 Å². The molecule has 0 spiro atoms. The van der Waals surface area contributed by atoms with Crippen LogP contribution >= 0.6 is 11.6 Å². The van der Waals surface area contributed by atoms with Gasteiger partial charge in [-0.15, -0.1) is 0 Å². The summed E-state index contributed by atoms with van der Waals surface area (Å²) in [7, 11) is 0. The number of benzene rings is 1. The van der Waals surface area contributed by atoms with E-state index in [1.165, 1.54) is 19.1 Å². The number of ether oxygens (including phenoxy) is 1. The molecule has 1 heterocycles. The van der Waals surface area contributed by atoms with Crippen LogP contribution in [0, 0.1) is 17.0 Å². The Hall–Kier alpha value is -3.13. The lowest BCUT2D eigenvalue weighted by atomic mass is 10.2. The molecule has 0 saturated carbocycles. The highest BCUT2D eigenvalue weighted by Crippen LogP contribution is 2.20. The van der Waals surface area contributed by atoms with E-state index >= 15 is 0 Å². The van der Waals surface area contributed by atoms with Gasteiger partial charge in [-0.2, -0.15) is 0 Å². The smallest absolute Gasteiger partial charge is 0.433 e. The van der Waals surface area contributed by atoms with Crippen LogP contribution in [-0.4, -0.2) is 22.9 Å². The largest absolute Gasteiger partial charge is 0.449 e. The van der Waals surface area contributed by atoms with Crippen molar-refractivity contribution in [2.75, 3.05) is 5.32 Å². The molecule has 0 aliphatic heterocycles. The maximum atomic E-state index is 12.1. The molecule has 0 radical (unpaired) electrons. The SMILES string of the molecule is Cc1ccc(Cl)cc1NC(=O)[C@H](C)OC(=O)/C=C/c1ccc([N+](=O)[O-])o1. The van der Waals surface area contributed by atoms with Crippen LogP contribution in [0.4, 0.5) is 11.6 Å². The van der Waals surface area contributed by atoms with Crippen molar-refractivity contribution in [3.63, 3.8) is 0 Å². The molecule has 8 nitrogen and oxygen atoms in total. The average Bonchev–Trinajstić information content (AvgIpc) is 3.05. The second-order valence-corrected chi connectivity index (χ2v) is 5.73. The highest BCUT2D eigenvalue weighted by molar-refractivity contribution is 6.31. The van der Waals surface area contributed by atoms with Gasteiger partial charge in [0.15, 0.2) is 6.10 Å². The van der Waals surface area contributed by atoms with Gasteiger partial charge in [-0.05, 0) is 43.7 Å². The monoisotopic (exact) mass is 378 g/mol. The van der Waals surface area contributed by atoms with Crippen LogP contribution in [0.5, 0.6) is 0 Å². The summed E-state index contributed by atoms with van der Waals surface area (Å²) in [5, 5.41) is 13.6. The minimum Gasteiger partial charge on any atom is -0.449 e. The van der Waals surface area contributed by atoms with E-state index in [0.717, 1.165) is 17.7 Å². The fourth-order valence-electron chi connectivity index (χ4n) is 1.91. The van der Waals surface area contributed by atoms with E-state index in [4.69, 9.17) is 20.8 Å². The van der Waals surface area contributed by atoms with Gasteiger partial charge in [0.05, 0.1) is 6.07 Å². The van der Waals surface area contributed by atoms with Gasteiger partial charge in [0.1, 0.15) is 10.7 Å². The standard InChI is InChI=1S/C17H15ClN2O6/c1-10-3-4-12(18)9-14(10)19-17(22)11(2)25-16(21)8-6-13-5-7-15(26-13)20(23)24/h3-9,11H,1-2H3,(H,19,22)/b8-6+/t11-/m0/s1. The minimum atomic E-state index is -1.06. The van der Waals surface area contributed by atoms with E-state index in [1.54, 1.807) is 25.1 Å². The van der Waals surface area contributed by atoms with E-state index in [1.807, 2.05) is 0 Å². The fraction of sp³-hybridized carbons (Fsp3) is 0.176. The van der Waals surface area contributed by atoms with E-state index in [-0.39, 0.29) is 5.76 Å². The van der Waals surface area contributed by atoms with Crippen molar-refractivity contribution in [3.05, 3.63) is 62.9 Å². The molecule has 0 fully saturated rings. The number of carbonyl (C=O) groups is 2. The molecule has 0 unspecified atom stereocenters. The number of esters is 1. The summed E-state index contributed by atoms with van der Waals surface area (Å²) in [6, 6.07) is 7.53. The third-order valence-corrected chi connectivity index (χ3v) is 3.53. The Balaban J connectivity index is 1.93. The third-order valence-electron chi connectivity index (χ3n) is 3.30. The van der Waals surface area contributed by atoms with Crippen molar-refractivity contribution < 1.29 is 23.7 Å². The summed E-state index contributed by atoms with van der Waals surface area (Å²) in [6.45, 7) is 3.21. The summed E-state index contributed by atoms with van der Waals surface area (Å²) >= 11 is 5.89. The van der Waals surface area contributed by atoms with Crippen molar-refractivity contribution >= 4 is 41.1 Å². The molecule has 2 rings (SSSR count). The molecule has 1 aromatic heterocycles. The summed E-state index contributed by atoms with van der Waals surface area (Å²) in [5.74, 6) is -1.65.